The monoisotopic (exact) mass is 1130 g/mol. The minimum atomic E-state index is -2.19. The number of hydrogen-bond acceptors (Lipinski definition) is 24. The number of carbonyl (C=O) groups is 2. The van der Waals surface area contributed by atoms with Crippen molar-refractivity contribution in [1.82, 2.24) is 0 Å². The Balaban J connectivity index is 0.958. The van der Waals surface area contributed by atoms with E-state index in [0.717, 1.165) is 5.57 Å². The summed E-state index contributed by atoms with van der Waals surface area (Å²) >= 11 is 0. The number of rotatable bonds is 12. The van der Waals surface area contributed by atoms with Gasteiger partial charge in [-0.15, -0.1) is 0 Å². The molecule has 0 bridgehead atoms. The topological polar surface area (TPSA) is 411 Å². The third-order valence-corrected chi connectivity index (χ3v) is 21.4. The van der Waals surface area contributed by atoms with Gasteiger partial charge in [0.05, 0.1) is 43.5 Å². The van der Waals surface area contributed by atoms with Crippen molar-refractivity contribution < 1.29 is 124 Å². The Morgan fingerprint density at radius 1 is 0.595 bits per heavy atom. The Morgan fingerprint density at radius 3 is 1.77 bits per heavy atom. The molecule has 1 unspecified atom stereocenters. The second-order valence-electron chi connectivity index (χ2n) is 26.3. The van der Waals surface area contributed by atoms with Crippen molar-refractivity contribution in [2.75, 3.05) is 19.8 Å². The Morgan fingerprint density at radius 2 is 1.15 bits per heavy atom. The summed E-state index contributed by atoms with van der Waals surface area (Å²) < 4.78 is 46.6. The molecule has 0 aromatic carbocycles. The van der Waals surface area contributed by atoms with E-state index in [-0.39, 0.29) is 29.6 Å². The number of allylic oxidation sites excluding steroid dienone is 2. The van der Waals surface area contributed by atoms with Crippen molar-refractivity contribution >= 4 is 11.9 Å². The fourth-order valence-electron chi connectivity index (χ4n) is 16.6. The second kappa shape index (κ2) is 22.0. The van der Waals surface area contributed by atoms with Crippen molar-refractivity contribution in [1.29, 1.82) is 0 Å². The van der Waals surface area contributed by atoms with Gasteiger partial charge in [-0.1, -0.05) is 53.2 Å². The van der Waals surface area contributed by atoms with Crippen LogP contribution in [0.15, 0.2) is 11.6 Å². The van der Waals surface area contributed by atoms with Gasteiger partial charge in [0.25, 0.3) is 0 Å². The van der Waals surface area contributed by atoms with Crippen LogP contribution in [0.1, 0.15) is 106 Å². The normalized spacial score (nSPS) is 54.5. The average Bonchev–Trinajstić information content (AvgIpc) is 2.79. The van der Waals surface area contributed by atoms with Gasteiger partial charge in [-0.05, 0) is 104 Å². The van der Waals surface area contributed by atoms with E-state index in [0.29, 0.717) is 51.4 Å². The van der Waals surface area contributed by atoms with Crippen molar-refractivity contribution in [2.45, 2.75) is 241 Å². The SMILES string of the molecule is C[C@@H]1O[C@@H](O[C@H]2[C@@H](O)[C@@H](CO)O[C@@H](O[C@@H]3[C@@H](O)[C@H](O[C@H]4C(O)C[C@@]5(C)[C@@H](CC[C@]6(C)[C@@H]5CC=C5[C@@H]7CC(C)(C)CC[C@]7(C(=O)O[C@@H]7O[C@H](CO)[C@@H](O)[C@H](O)[C@H]7O)CC[C@]56C)[C@]4(C)CO)O[C@H](C(=O)O)[C@H]3O)[C@@H]2O)[C@H](O)[C@H](O)[C@H]1O. The lowest BCUT2D eigenvalue weighted by molar-refractivity contribution is -0.384. The molecule has 452 valence electrons. The Hall–Kier alpha value is -2.16. The molecule has 30 atom stereocenters. The van der Waals surface area contributed by atoms with Crippen molar-refractivity contribution in [3.05, 3.63) is 11.6 Å². The predicted octanol–water partition coefficient (Wildman–Crippen LogP) is -2.97. The molecule has 0 aromatic heterocycles. The maximum absolute atomic E-state index is 14.8. The second-order valence-corrected chi connectivity index (χ2v) is 26.3. The number of hydrogen-bond donors (Lipinski definition) is 15. The van der Waals surface area contributed by atoms with Gasteiger partial charge in [-0.2, -0.15) is 0 Å². The van der Waals surface area contributed by atoms with Crippen molar-refractivity contribution in [2.24, 2.45) is 50.2 Å². The summed E-state index contributed by atoms with van der Waals surface area (Å²) in [5, 5.41) is 164. The summed E-state index contributed by atoms with van der Waals surface area (Å²) in [5.41, 5.74) is -2.98. The number of aliphatic carboxylic acids is 1. The van der Waals surface area contributed by atoms with Gasteiger partial charge in [0.1, 0.15) is 85.5 Å². The molecule has 79 heavy (non-hydrogen) atoms. The molecule has 4 saturated heterocycles. The largest absolute Gasteiger partial charge is 0.479 e. The predicted molar refractivity (Wildman–Crippen MR) is 265 cm³/mol. The van der Waals surface area contributed by atoms with Crippen LogP contribution < -0.4 is 0 Å². The van der Waals surface area contributed by atoms with Crippen LogP contribution in [0, 0.1) is 50.2 Å². The Bertz CT molecular complexity index is 2240. The molecule has 25 nitrogen and oxygen atoms in total. The highest BCUT2D eigenvalue weighted by molar-refractivity contribution is 5.79. The van der Waals surface area contributed by atoms with Gasteiger partial charge in [-0.3, -0.25) is 4.79 Å². The molecule has 15 N–H and O–H groups in total. The summed E-state index contributed by atoms with van der Waals surface area (Å²) in [6, 6.07) is 0. The maximum atomic E-state index is 14.8. The van der Waals surface area contributed by atoms with E-state index in [1.807, 2.05) is 0 Å². The standard InChI is InChI=1S/C54H86O25/c1-21-29(59)32(62)34(64)44(72-21)75-39-31(61)26(19-56)74-46(37(39)67)76-40-36(66)41(43(69)70)77-47(38(40)68)78-42-24(58)17-50(4)27(51(42,5)20-57)10-11-53(7)28(50)9-8-22-23-16-49(2,3)12-14-54(23,15-13-52(22,53)6)48(71)79-45-35(65)33(63)30(60)25(18-55)73-45/h8,21,23-42,44-47,55-68H,9-20H2,1-7H3,(H,69,70)/t21-,23-,24?,25+,26+,27+,28+,29-,30+,31-,32+,33-,34+,35+,36-,37+,38+,39-,40-,41-,42-,44-,45-,46-,47-,50-,51-,52+,53+,54-/m0/s1. The minimum Gasteiger partial charge on any atom is -0.479 e. The first-order chi connectivity index (χ1) is 36.9. The van der Waals surface area contributed by atoms with Crippen LogP contribution in [0.4, 0.5) is 0 Å². The van der Waals surface area contributed by atoms with Crippen LogP contribution in [-0.4, -0.2) is 243 Å². The molecule has 4 heterocycles. The van der Waals surface area contributed by atoms with Gasteiger partial charge >= 0.3 is 11.9 Å². The number of ether oxygens (including phenoxy) is 8. The van der Waals surface area contributed by atoms with Crippen LogP contribution in [0.25, 0.3) is 0 Å². The molecule has 0 aromatic rings. The van der Waals surface area contributed by atoms with E-state index in [2.05, 4.69) is 40.7 Å². The van der Waals surface area contributed by atoms with Crippen LogP contribution >= 0.6 is 0 Å². The summed E-state index contributed by atoms with van der Waals surface area (Å²) in [6.07, 6.45) is -31.6. The number of esters is 1. The molecular formula is C54H86O25. The highest BCUT2D eigenvalue weighted by Crippen LogP contribution is 2.76. The van der Waals surface area contributed by atoms with E-state index >= 15 is 0 Å². The number of aliphatic hydroxyl groups is 14. The number of carboxylic acid groups (broad SMARTS) is 1. The third-order valence-electron chi connectivity index (χ3n) is 21.4. The van der Waals surface area contributed by atoms with Crippen LogP contribution in [0.3, 0.4) is 0 Å². The molecule has 4 saturated carbocycles. The van der Waals surface area contributed by atoms with Crippen molar-refractivity contribution in [3.8, 4) is 0 Å². The van der Waals surface area contributed by atoms with E-state index in [4.69, 9.17) is 37.9 Å². The van der Waals surface area contributed by atoms with Gasteiger partial charge in [0.2, 0.25) is 6.29 Å². The van der Waals surface area contributed by atoms with Crippen molar-refractivity contribution in [3.63, 3.8) is 0 Å². The van der Waals surface area contributed by atoms with E-state index in [1.165, 1.54) is 6.92 Å². The molecular weight excluding hydrogens is 1050 g/mol. The van der Waals surface area contributed by atoms with Gasteiger partial charge in [0, 0.05) is 5.41 Å². The van der Waals surface area contributed by atoms with E-state index in [9.17, 15) is 86.2 Å². The highest BCUT2D eigenvalue weighted by atomic mass is 16.8. The lowest BCUT2D eigenvalue weighted by Gasteiger charge is -2.72. The molecule has 8 fully saturated rings. The number of carboxylic acids is 1. The summed E-state index contributed by atoms with van der Waals surface area (Å²) in [7, 11) is 0. The fourth-order valence-corrected chi connectivity index (χ4v) is 16.6. The molecule has 25 heteroatoms. The van der Waals surface area contributed by atoms with E-state index < -0.39 is 194 Å². The fraction of sp³-hybridized carbons (Fsp3) is 0.926. The van der Waals surface area contributed by atoms with Gasteiger partial charge < -0.3 is 114 Å². The van der Waals surface area contributed by atoms with Gasteiger partial charge in [-0.25, -0.2) is 4.79 Å². The quantitative estimate of drug-likeness (QED) is 0.0527. The molecule has 5 aliphatic carbocycles. The smallest absolute Gasteiger partial charge is 0.335 e. The number of fused-ring (bicyclic) bond motifs is 7. The van der Waals surface area contributed by atoms with E-state index in [1.54, 1.807) is 6.92 Å². The lowest BCUT2D eigenvalue weighted by Crippen LogP contribution is -2.70. The van der Waals surface area contributed by atoms with Crippen LogP contribution in [0.5, 0.6) is 0 Å². The molecule has 0 radical (unpaired) electrons. The maximum Gasteiger partial charge on any atom is 0.335 e. The first kappa shape index (κ1) is 61.4. The highest BCUT2D eigenvalue weighted by Gasteiger charge is 2.72. The Kier molecular flexibility index (Phi) is 17.1. The van der Waals surface area contributed by atoms with Crippen LogP contribution in [-0.2, 0) is 47.5 Å². The zero-order chi connectivity index (χ0) is 58.0. The summed E-state index contributed by atoms with van der Waals surface area (Å²) in [6.45, 7) is 11.9. The molecule has 4 aliphatic heterocycles. The molecule has 0 spiro atoms. The number of aliphatic hydroxyl groups excluding tert-OH is 14. The lowest BCUT2D eigenvalue weighted by atomic mass is 9.33. The average molecular weight is 1140 g/mol. The minimum absolute atomic E-state index is 0.107. The zero-order valence-electron chi connectivity index (χ0n) is 45.8. The Labute approximate surface area is 457 Å². The first-order valence-corrected chi connectivity index (χ1v) is 27.9. The summed E-state index contributed by atoms with van der Waals surface area (Å²) in [4.78, 5) is 27.5. The molecule has 9 aliphatic rings. The molecule has 9 rings (SSSR count). The number of carbonyl (C=O) groups excluding carboxylic acids is 1. The first-order valence-electron chi connectivity index (χ1n) is 27.9. The van der Waals surface area contributed by atoms with Gasteiger partial charge in [0.15, 0.2) is 25.0 Å². The van der Waals surface area contributed by atoms with Crippen LogP contribution in [0.2, 0.25) is 0 Å². The zero-order valence-corrected chi connectivity index (χ0v) is 45.8. The molecule has 0 amide bonds. The third kappa shape index (κ3) is 9.85. The summed E-state index contributed by atoms with van der Waals surface area (Å²) in [5.74, 6) is -3.07.